The lowest BCUT2D eigenvalue weighted by atomic mass is 10.2. The zero-order valence-corrected chi connectivity index (χ0v) is 10.3. The molecule has 19 heavy (non-hydrogen) atoms. The van der Waals surface area contributed by atoms with E-state index in [0.29, 0.717) is 19.0 Å². The quantitative estimate of drug-likeness (QED) is 0.630. The number of nitro groups is 1. The van der Waals surface area contributed by atoms with Crippen LogP contribution in [-0.4, -0.2) is 46.8 Å². The highest BCUT2D eigenvalue weighted by atomic mass is 16.6. The number of carbonyl (C=O) groups is 1. The molecule has 1 fully saturated rings. The van der Waals surface area contributed by atoms with Gasteiger partial charge in [-0.05, 0) is 13.0 Å². The van der Waals surface area contributed by atoms with E-state index in [2.05, 4.69) is 4.98 Å². The number of nitrogens with zero attached hydrogens (tertiary/aromatic N) is 3. The lowest BCUT2D eigenvalue weighted by molar-refractivity contribution is -0.385. The third-order valence-corrected chi connectivity index (χ3v) is 2.95. The van der Waals surface area contributed by atoms with E-state index in [1.807, 2.05) is 0 Å². The van der Waals surface area contributed by atoms with Gasteiger partial charge in [0.25, 0.3) is 5.69 Å². The third kappa shape index (κ3) is 2.63. The summed E-state index contributed by atoms with van der Waals surface area (Å²) in [7, 11) is 0. The maximum Gasteiger partial charge on any atom is 0.328 e. The first kappa shape index (κ1) is 13.2. The minimum Gasteiger partial charge on any atom is -0.480 e. The molecule has 1 saturated heterocycles. The van der Waals surface area contributed by atoms with Crippen molar-refractivity contribution in [3.63, 3.8) is 0 Å². The van der Waals surface area contributed by atoms with E-state index < -0.39 is 16.9 Å². The number of carboxylic acid groups (broad SMARTS) is 1. The number of anilines is 1. The molecule has 0 spiro atoms. The van der Waals surface area contributed by atoms with Crippen molar-refractivity contribution in [2.75, 3.05) is 24.7 Å². The Labute approximate surface area is 108 Å². The van der Waals surface area contributed by atoms with Crippen molar-refractivity contribution < 1.29 is 19.6 Å². The summed E-state index contributed by atoms with van der Waals surface area (Å²) in [5, 5.41) is 19.8. The molecular weight excluding hydrogens is 254 g/mol. The fourth-order valence-corrected chi connectivity index (χ4v) is 1.98. The van der Waals surface area contributed by atoms with Crippen LogP contribution >= 0.6 is 0 Å². The van der Waals surface area contributed by atoms with E-state index in [9.17, 15) is 14.9 Å². The molecule has 0 radical (unpaired) electrons. The smallest absolute Gasteiger partial charge is 0.328 e. The predicted octanol–water partition coefficient (Wildman–Crippen LogP) is 0.588. The fraction of sp³-hybridized carbons (Fsp3) is 0.455. The second-order valence-electron chi connectivity index (χ2n) is 4.15. The van der Waals surface area contributed by atoms with Gasteiger partial charge in [-0.2, -0.15) is 0 Å². The molecule has 0 bridgehead atoms. The van der Waals surface area contributed by atoms with Crippen LogP contribution in [0.15, 0.2) is 12.1 Å². The summed E-state index contributed by atoms with van der Waals surface area (Å²) in [6.07, 6.45) is 0. The van der Waals surface area contributed by atoms with Crippen LogP contribution in [0.1, 0.15) is 5.69 Å². The summed E-state index contributed by atoms with van der Waals surface area (Å²) in [5.74, 6) is -0.587. The Balaban J connectivity index is 2.32. The summed E-state index contributed by atoms with van der Waals surface area (Å²) in [5.41, 5.74) is 0.182. The van der Waals surface area contributed by atoms with Crippen LogP contribution < -0.4 is 4.90 Å². The van der Waals surface area contributed by atoms with Gasteiger partial charge >= 0.3 is 5.97 Å². The Kier molecular flexibility index (Phi) is 3.61. The molecule has 102 valence electrons. The summed E-state index contributed by atoms with van der Waals surface area (Å²) in [6.45, 7) is 2.40. The number of rotatable bonds is 3. The second-order valence-corrected chi connectivity index (χ2v) is 4.15. The number of aromatic nitrogens is 1. The average Bonchev–Trinajstić information content (AvgIpc) is 2.38. The predicted molar refractivity (Wildman–Crippen MR) is 65.2 cm³/mol. The van der Waals surface area contributed by atoms with E-state index in [1.54, 1.807) is 4.90 Å². The highest BCUT2D eigenvalue weighted by molar-refractivity contribution is 5.78. The van der Waals surface area contributed by atoms with Gasteiger partial charge in [-0.25, -0.2) is 9.78 Å². The molecule has 0 amide bonds. The van der Waals surface area contributed by atoms with Crippen molar-refractivity contribution >= 4 is 17.5 Å². The molecule has 8 nitrogen and oxygen atoms in total. The van der Waals surface area contributed by atoms with Crippen LogP contribution in [0.5, 0.6) is 0 Å². The molecule has 0 saturated carbocycles. The molecule has 0 aromatic carbocycles. The minimum atomic E-state index is -1.00. The number of ether oxygens (including phenoxy) is 1. The molecule has 0 aliphatic carbocycles. The van der Waals surface area contributed by atoms with Gasteiger partial charge in [0.1, 0.15) is 11.5 Å². The number of pyridine rings is 1. The van der Waals surface area contributed by atoms with Gasteiger partial charge in [0.15, 0.2) is 6.04 Å². The van der Waals surface area contributed by atoms with Crippen molar-refractivity contribution in [1.29, 1.82) is 0 Å². The molecule has 1 N–H and O–H groups in total. The maximum absolute atomic E-state index is 11.1. The zero-order valence-electron chi connectivity index (χ0n) is 10.3. The van der Waals surface area contributed by atoms with Crippen molar-refractivity contribution in [2.24, 2.45) is 0 Å². The first-order valence-corrected chi connectivity index (χ1v) is 5.70. The van der Waals surface area contributed by atoms with E-state index in [1.165, 1.54) is 19.1 Å². The van der Waals surface area contributed by atoms with E-state index >= 15 is 0 Å². The lowest BCUT2D eigenvalue weighted by Gasteiger charge is -2.33. The van der Waals surface area contributed by atoms with E-state index in [4.69, 9.17) is 9.84 Å². The molecule has 1 unspecified atom stereocenters. The molecule has 1 aromatic heterocycles. The molecule has 2 heterocycles. The normalized spacial score (nSPS) is 19.2. The highest BCUT2D eigenvalue weighted by Gasteiger charge is 2.30. The van der Waals surface area contributed by atoms with Crippen molar-refractivity contribution in [2.45, 2.75) is 13.0 Å². The number of aliphatic carboxylic acids is 1. The number of carboxylic acids is 1. The van der Waals surface area contributed by atoms with Crippen LogP contribution in [0.4, 0.5) is 11.5 Å². The van der Waals surface area contributed by atoms with Gasteiger partial charge in [0.05, 0.1) is 18.1 Å². The summed E-state index contributed by atoms with van der Waals surface area (Å²) in [6, 6.07) is 1.99. The van der Waals surface area contributed by atoms with Gasteiger partial charge in [-0.3, -0.25) is 10.1 Å². The van der Waals surface area contributed by atoms with Gasteiger partial charge < -0.3 is 14.7 Å². The lowest BCUT2D eigenvalue weighted by Crippen LogP contribution is -2.50. The van der Waals surface area contributed by atoms with Gasteiger partial charge in [0, 0.05) is 12.6 Å². The Hall–Kier alpha value is -2.22. The summed E-state index contributed by atoms with van der Waals surface area (Å²) in [4.78, 5) is 27.0. The Morgan fingerprint density at radius 2 is 2.37 bits per heavy atom. The van der Waals surface area contributed by atoms with Crippen molar-refractivity contribution in [1.82, 2.24) is 4.98 Å². The van der Waals surface area contributed by atoms with Gasteiger partial charge in [0.2, 0.25) is 0 Å². The van der Waals surface area contributed by atoms with E-state index in [-0.39, 0.29) is 18.0 Å². The largest absolute Gasteiger partial charge is 0.480 e. The summed E-state index contributed by atoms with van der Waals surface area (Å²) < 4.78 is 5.13. The monoisotopic (exact) mass is 267 g/mol. The SMILES string of the molecule is Cc1nc(N2CCOCC2C(=O)O)ccc1[N+](=O)[O-]. The Bertz CT molecular complexity index is 519. The second kappa shape index (κ2) is 5.19. The molecule has 1 aliphatic rings. The number of hydrogen-bond donors (Lipinski definition) is 1. The van der Waals surface area contributed by atoms with Crippen molar-refractivity contribution in [3.05, 3.63) is 27.9 Å². The van der Waals surface area contributed by atoms with Crippen LogP contribution in [-0.2, 0) is 9.53 Å². The van der Waals surface area contributed by atoms with Crippen molar-refractivity contribution in [3.8, 4) is 0 Å². The number of hydrogen-bond acceptors (Lipinski definition) is 6. The topological polar surface area (TPSA) is 106 Å². The van der Waals surface area contributed by atoms with Crippen LogP contribution in [0.2, 0.25) is 0 Å². The minimum absolute atomic E-state index is 0.0764. The fourth-order valence-electron chi connectivity index (χ4n) is 1.98. The zero-order chi connectivity index (χ0) is 14.0. The van der Waals surface area contributed by atoms with Crippen LogP contribution in [0.25, 0.3) is 0 Å². The molecule has 1 atom stereocenters. The average molecular weight is 267 g/mol. The molecule has 8 heteroatoms. The molecule has 1 aromatic rings. The van der Waals surface area contributed by atoms with Crippen LogP contribution in [0.3, 0.4) is 0 Å². The number of morpholine rings is 1. The van der Waals surface area contributed by atoms with Crippen LogP contribution in [0, 0.1) is 17.0 Å². The summed E-state index contributed by atoms with van der Waals surface area (Å²) >= 11 is 0. The molecule has 2 rings (SSSR count). The van der Waals surface area contributed by atoms with Gasteiger partial charge in [-0.15, -0.1) is 0 Å². The standard InChI is InChI=1S/C11H13N3O5/c1-7-8(14(17)18)2-3-10(12-7)13-4-5-19-6-9(13)11(15)16/h2-3,9H,4-6H2,1H3,(H,15,16). The van der Waals surface area contributed by atoms with E-state index in [0.717, 1.165) is 0 Å². The number of aryl methyl sites for hydroxylation is 1. The maximum atomic E-state index is 11.1. The first-order valence-electron chi connectivity index (χ1n) is 5.70. The molecular formula is C11H13N3O5. The first-order chi connectivity index (χ1) is 9.00. The molecule has 1 aliphatic heterocycles. The highest BCUT2D eigenvalue weighted by Crippen LogP contribution is 2.23. The Morgan fingerprint density at radius 1 is 1.63 bits per heavy atom. The Morgan fingerprint density at radius 3 is 2.95 bits per heavy atom. The van der Waals surface area contributed by atoms with Gasteiger partial charge in [-0.1, -0.05) is 0 Å². The third-order valence-electron chi connectivity index (χ3n) is 2.95.